The van der Waals surface area contributed by atoms with Crippen molar-refractivity contribution in [3.8, 4) is 11.1 Å². The first-order chi connectivity index (χ1) is 16.6. The van der Waals surface area contributed by atoms with Crippen LogP contribution in [0.5, 0.6) is 0 Å². The lowest BCUT2D eigenvalue weighted by atomic mass is 10.0. The smallest absolute Gasteiger partial charge is 0.336 e. The zero-order valence-electron chi connectivity index (χ0n) is 19.1. The van der Waals surface area contributed by atoms with Crippen LogP contribution in [0.4, 0.5) is 0 Å². The predicted molar refractivity (Wildman–Crippen MR) is 129 cm³/mol. The third-order valence-electron chi connectivity index (χ3n) is 4.77. The number of hydrogen-bond acceptors (Lipinski definition) is 8. The number of aliphatic hydroxyl groups excluding tert-OH is 1. The second kappa shape index (κ2) is 12.0. The van der Waals surface area contributed by atoms with Gasteiger partial charge in [0, 0.05) is 22.2 Å². The average Bonchev–Trinajstić information content (AvgIpc) is 3.26. The van der Waals surface area contributed by atoms with E-state index in [0.29, 0.717) is 14.9 Å². The third-order valence-corrected chi connectivity index (χ3v) is 5.33. The van der Waals surface area contributed by atoms with Crippen molar-refractivity contribution < 1.29 is 24.6 Å². The SMILES string of the molecule is CC(C)COC(=O)C(O)CN(Cc1ccc(-c2cc(Cl)ccc2Cl)cc1)NC(=O)c1cn(O)nn1. The first-order valence-electron chi connectivity index (χ1n) is 10.7. The number of aliphatic hydroxyl groups is 1. The molecule has 0 saturated carbocycles. The molecule has 1 amide bonds. The first kappa shape index (κ1) is 26.4. The van der Waals surface area contributed by atoms with E-state index in [4.69, 9.17) is 27.9 Å². The zero-order chi connectivity index (χ0) is 25.5. The highest BCUT2D eigenvalue weighted by atomic mass is 35.5. The summed E-state index contributed by atoms with van der Waals surface area (Å²) in [5, 5.41) is 28.9. The molecule has 0 bridgehead atoms. The maximum absolute atomic E-state index is 12.5. The number of esters is 1. The molecule has 0 radical (unpaired) electrons. The van der Waals surface area contributed by atoms with E-state index < -0.39 is 18.0 Å². The van der Waals surface area contributed by atoms with Gasteiger partial charge in [-0.1, -0.05) is 66.2 Å². The van der Waals surface area contributed by atoms with Crippen LogP contribution in [0.15, 0.2) is 48.7 Å². The van der Waals surface area contributed by atoms with E-state index in [-0.39, 0.29) is 31.3 Å². The number of halogens is 2. The molecule has 1 heterocycles. The van der Waals surface area contributed by atoms with Crippen molar-refractivity contribution in [3.05, 3.63) is 70.0 Å². The highest BCUT2D eigenvalue weighted by Crippen LogP contribution is 2.30. The van der Waals surface area contributed by atoms with Gasteiger partial charge in [0.25, 0.3) is 5.91 Å². The third kappa shape index (κ3) is 7.66. The molecule has 10 nitrogen and oxygen atoms in total. The highest BCUT2D eigenvalue weighted by Gasteiger charge is 2.23. The quantitative estimate of drug-likeness (QED) is 0.210. The summed E-state index contributed by atoms with van der Waals surface area (Å²) in [6, 6.07) is 12.5. The largest absolute Gasteiger partial charge is 0.463 e. The lowest BCUT2D eigenvalue weighted by Gasteiger charge is -2.25. The number of ether oxygens (including phenoxy) is 1. The number of nitrogens with zero attached hydrogens (tertiary/aromatic N) is 4. The Hall–Kier alpha value is -3.18. The van der Waals surface area contributed by atoms with Gasteiger partial charge in [-0.25, -0.2) is 9.80 Å². The molecule has 3 aromatic rings. The van der Waals surface area contributed by atoms with Crippen molar-refractivity contribution in [1.29, 1.82) is 0 Å². The van der Waals surface area contributed by atoms with E-state index in [1.54, 1.807) is 18.2 Å². The molecule has 0 aliphatic heterocycles. The van der Waals surface area contributed by atoms with Crippen LogP contribution < -0.4 is 5.43 Å². The zero-order valence-corrected chi connectivity index (χ0v) is 20.6. The molecule has 0 aliphatic carbocycles. The van der Waals surface area contributed by atoms with Gasteiger partial charge in [0.1, 0.15) is 0 Å². The molecule has 35 heavy (non-hydrogen) atoms. The molecule has 0 saturated heterocycles. The van der Waals surface area contributed by atoms with Crippen LogP contribution in [0.2, 0.25) is 10.0 Å². The van der Waals surface area contributed by atoms with Crippen LogP contribution in [0.25, 0.3) is 11.1 Å². The van der Waals surface area contributed by atoms with Gasteiger partial charge in [-0.15, -0.1) is 5.10 Å². The second-order valence-electron chi connectivity index (χ2n) is 8.21. The lowest BCUT2D eigenvalue weighted by Crippen LogP contribution is -2.47. The molecule has 0 fully saturated rings. The lowest BCUT2D eigenvalue weighted by molar-refractivity contribution is -0.156. The number of hydrazine groups is 1. The Labute approximate surface area is 211 Å². The number of hydrogen-bond donors (Lipinski definition) is 3. The minimum Gasteiger partial charge on any atom is -0.463 e. The molecule has 2 aromatic carbocycles. The van der Waals surface area contributed by atoms with Crippen LogP contribution in [0.1, 0.15) is 29.9 Å². The van der Waals surface area contributed by atoms with Crippen molar-refractivity contribution in [1.82, 2.24) is 25.6 Å². The van der Waals surface area contributed by atoms with E-state index >= 15 is 0 Å². The average molecular weight is 522 g/mol. The van der Waals surface area contributed by atoms with Crippen LogP contribution >= 0.6 is 23.2 Å². The van der Waals surface area contributed by atoms with Crippen molar-refractivity contribution in [2.24, 2.45) is 5.92 Å². The normalized spacial score (nSPS) is 12.1. The molecule has 186 valence electrons. The fourth-order valence-electron chi connectivity index (χ4n) is 3.07. The molecule has 0 spiro atoms. The summed E-state index contributed by atoms with van der Waals surface area (Å²) < 4.78 is 5.08. The standard InChI is InChI=1S/C23H25Cl2N5O5/c1-14(2)13-35-23(33)21(31)12-29(27-22(32)20-11-30(34)28-26-20)10-15-3-5-16(6-4-15)18-9-17(24)7-8-19(18)25/h3-9,11,14,21,31,34H,10,12-13H2,1-2H3,(H,27,32). The number of rotatable bonds is 10. The van der Waals surface area contributed by atoms with Gasteiger partial charge >= 0.3 is 5.97 Å². The summed E-state index contributed by atoms with van der Waals surface area (Å²) in [7, 11) is 0. The summed E-state index contributed by atoms with van der Waals surface area (Å²) in [6.45, 7) is 3.80. The molecule has 3 N–H and O–H groups in total. The Bertz CT molecular complexity index is 1170. The first-order valence-corrected chi connectivity index (χ1v) is 11.4. The van der Waals surface area contributed by atoms with Crippen molar-refractivity contribution in [2.45, 2.75) is 26.5 Å². The number of benzene rings is 2. The van der Waals surface area contributed by atoms with Gasteiger partial charge in [-0.3, -0.25) is 10.2 Å². The van der Waals surface area contributed by atoms with Gasteiger partial charge in [-0.2, -0.15) is 0 Å². The molecule has 1 unspecified atom stereocenters. The molecule has 1 aromatic heterocycles. The molecular weight excluding hydrogens is 497 g/mol. The minimum atomic E-state index is -1.51. The number of nitrogens with one attached hydrogen (secondary N) is 1. The summed E-state index contributed by atoms with van der Waals surface area (Å²) in [5.74, 6) is -1.38. The van der Waals surface area contributed by atoms with Gasteiger partial charge in [0.2, 0.25) is 0 Å². The van der Waals surface area contributed by atoms with Gasteiger partial charge in [-0.05, 0) is 40.5 Å². The van der Waals surface area contributed by atoms with Crippen LogP contribution in [-0.4, -0.2) is 61.6 Å². The van der Waals surface area contributed by atoms with Gasteiger partial charge in [0.05, 0.1) is 19.3 Å². The van der Waals surface area contributed by atoms with E-state index in [0.717, 1.165) is 22.9 Å². The van der Waals surface area contributed by atoms with E-state index in [1.807, 2.05) is 38.1 Å². The Morgan fingerprint density at radius 3 is 2.51 bits per heavy atom. The van der Waals surface area contributed by atoms with Gasteiger partial charge in [0.15, 0.2) is 11.8 Å². The van der Waals surface area contributed by atoms with Crippen molar-refractivity contribution in [3.63, 3.8) is 0 Å². The molecule has 0 aliphatic rings. The fourth-order valence-corrected chi connectivity index (χ4v) is 3.47. The van der Waals surface area contributed by atoms with Gasteiger partial charge < -0.3 is 15.1 Å². The summed E-state index contributed by atoms with van der Waals surface area (Å²) in [5.41, 5.74) is 4.79. The molecule has 3 rings (SSSR count). The maximum Gasteiger partial charge on any atom is 0.336 e. The Morgan fingerprint density at radius 2 is 1.89 bits per heavy atom. The fraction of sp³-hybridized carbons (Fsp3) is 0.304. The van der Waals surface area contributed by atoms with Crippen LogP contribution in [0.3, 0.4) is 0 Å². The summed E-state index contributed by atoms with van der Waals surface area (Å²) >= 11 is 12.4. The predicted octanol–water partition coefficient (Wildman–Crippen LogP) is 3.20. The van der Waals surface area contributed by atoms with Crippen LogP contribution in [-0.2, 0) is 16.1 Å². The number of aromatic nitrogens is 3. The Kier molecular flexibility index (Phi) is 9.05. The van der Waals surface area contributed by atoms with Crippen molar-refractivity contribution >= 4 is 35.1 Å². The monoisotopic (exact) mass is 521 g/mol. The minimum absolute atomic E-state index is 0.106. The molecule has 12 heteroatoms. The Balaban J connectivity index is 1.75. The van der Waals surface area contributed by atoms with E-state index in [1.165, 1.54) is 5.01 Å². The van der Waals surface area contributed by atoms with E-state index in [2.05, 4.69) is 15.7 Å². The summed E-state index contributed by atoms with van der Waals surface area (Å²) in [6.07, 6.45) is -0.489. The highest BCUT2D eigenvalue weighted by molar-refractivity contribution is 6.35. The van der Waals surface area contributed by atoms with Crippen LogP contribution in [0, 0.1) is 5.92 Å². The Morgan fingerprint density at radius 1 is 1.17 bits per heavy atom. The van der Waals surface area contributed by atoms with E-state index in [9.17, 15) is 19.9 Å². The van der Waals surface area contributed by atoms with Crippen molar-refractivity contribution in [2.75, 3.05) is 13.2 Å². The molecule has 1 atom stereocenters. The number of amides is 1. The topological polar surface area (TPSA) is 130 Å². The molecular formula is C23H25Cl2N5O5. The summed E-state index contributed by atoms with van der Waals surface area (Å²) in [4.78, 5) is 25.1. The maximum atomic E-state index is 12.5. The second-order valence-corrected chi connectivity index (χ2v) is 9.05. The number of carbonyl (C=O) groups is 2. The number of carbonyl (C=O) groups excluding carboxylic acids is 2.